The Labute approximate surface area is 192 Å². The van der Waals surface area contributed by atoms with E-state index >= 15 is 0 Å². The Bertz CT molecular complexity index is 565. The van der Waals surface area contributed by atoms with Crippen molar-refractivity contribution in [2.24, 2.45) is 5.11 Å². The lowest BCUT2D eigenvalue weighted by Gasteiger charge is -2.15. The van der Waals surface area contributed by atoms with E-state index < -0.39 is 18.0 Å². The molecule has 0 aliphatic carbocycles. The first kappa shape index (κ1) is 29.7. The van der Waals surface area contributed by atoms with Crippen LogP contribution in [0.4, 0.5) is 0 Å². The number of carbonyl (C=O) groups is 3. The molecule has 1 amide bonds. The minimum Gasteiger partial charge on any atom is -0.481 e. The van der Waals surface area contributed by atoms with Crippen molar-refractivity contribution in [1.82, 2.24) is 5.32 Å². The summed E-state index contributed by atoms with van der Waals surface area (Å²) in [6.45, 7) is 0.130. The molecule has 0 saturated carbocycles. The Hall–Kier alpha value is -2.28. The number of nitrogens with zero attached hydrogens (tertiary/aromatic N) is 3. The molecule has 0 radical (unpaired) electrons. The van der Waals surface area contributed by atoms with E-state index in [0.29, 0.717) is 12.8 Å². The monoisotopic (exact) mass is 454 g/mol. The number of methoxy groups -OCH3 is 1. The molecule has 0 aromatic carbocycles. The first-order chi connectivity index (χ1) is 15.5. The zero-order valence-electron chi connectivity index (χ0n) is 19.7. The molecule has 0 saturated heterocycles. The Balaban J connectivity index is 3.51. The average molecular weight is 455 g/mol. The number of esters is 1. The molecule has 1 atom stereocenters. The van der Waals surface area contributed by atoms with Crippen molar-refractivity contribution < 1.29 is 24.2 Å². The van der Waals surface area contributed by atoms with Gasteiger partial charge in [0.25, 0.3) is 0 Å². The largest absolute Gasteiger partial charge is 0.481 e. The smallest absolute Gasteiger partial charge is 0.328 e. The van der Waals surface area contributed by atoms with Crippen molar-refractivity contribution in [3.8, 4) is 0 Å². The number of hydrogen-bond donors (Lipinski definition) is 2. The Morgan fingerprint density at radius 2 is 1.28 bits per heavy atom. The van der Waals surface area contributed by atoms with Crippen LogP contribution in [-0.2, 0) is 19.1 Å². The van der Waals surface area contributed by atoms with Gasteiger partial charge < -0.3 is 15.2 Å². The molecule has 0 aromatic rings. The van der Waals surface area contributed by atoms with Crippen LogP contribution in [0.25, 0.3) is 10.4 Å². The maximum atomic E-state index is 12.0. The Kier molecular flexibility index (Phi) is 20.4. The van der Waals surface area contributed by atoms with Crippen LogP contribution in [-0.4, -0.2) is 42.6 Å². The summed E-state index contributed by atoms with van der Waals surface area (Å²) in [6.07, 6.45) is 16.7. The van der Waals surface area contributed by atoms with Gasteiger partial charge in [0.1, 0.15) is 6.04 Å². The number of hydrogen-bond acceptors (Lipinski definition) is 5. The molecule has 0 spiro atoms. The van der Waals surface area contributed by atoms with Gasteiger partial charge in [-0.3, -0.25) is 9.59 Å². The number of ether oxygens (including phenoxy) is 1. The predicted molar refractivity (Wildman–Crippen MR) is 124 cm³/mol. The standard InChI is InChI=1S/C23H42N4O5/c1-32-23(31)20(18-19-25-27-24)26-21(28)16-14-12-10-8-6-4-2-3-5-7-9-11-13-15-17-22(29)30/h20H,2-19H2,1H3,(H,26,28)(H,29,30). The fourth-order valence-electron chi connectivity index (χ4n) is 3.57. The number of carboxylic acid groups (broad SMARTS) is 1. The van der Waals surface area contributed by atoms with Gasteiger partial charge in [0.05, 0.1) is 7.11 Å². The summed E-state index contributed by atoms with van der Waals surface area (Å²) >= 11 is 0. The molecule has 0 aliphatic rings. The molecule has 0 fully saturated rings. The molecule has 184 valence electrons. The summed E-state index contributed by atoms with van der Waals surface area (Å²) in [4.78, 5) is 36.8. The molecule has 32 heavy (non-hydrogen) atoms. The highest BCUT2D eigenvalue weighted by molar-refractivity contribution is 5.84. The van der Waals surface area contributed by atoms with Gasteiger partial charge in [-0.25, -0.2) is 4.79 Å². The van der Waals surface area contributed by atoms with E-state index in [4.69, 9.17) is 10.6 Å². The van der Waals surface area contributed by atoms with Crippen molar-refractivity contribution in [3.63, 3.8) is 0 Å². The maximum Gasteiger partial charge on any atom is 0.328 e. The third kappa shape index (κ3) is 19.7. The summed E-state index contributed by atoms with van der Waals surface area (Å²) in [6, 6.07) is -0.769. The third-order valence-electron chi connectivity index (χ3n) is 5.45. The van der Waals surface area contributed by atoms with Gasteiger partial charge in [-0.15, -0.1) is 0 Å². The van der Waals surface area contributed by atoms with E-state index in [1.54, 1.807) is 0 Å². The van der Waals surface area contributed by atoms with Crippen LogP contribution in [0.2, 0.25) is 0 Å². The number of nitrogens with one attached hydrogen (secondary N) is 1. The van der Waals surface area contributed by atoms with E-state index in [0.717, 1.165) is 38.5 Å². The summed E-state index contributed by atoms with van der Waals surface area (Å²) in [5, 5.41) is 14.6. The lowest BCUT2D eigenvalue weighted by Crippen LogP contribution is -2.41. The van der Waals surface area contributed by atoms with Gasteiger partial charge in [0.15, 0.2) is 0 Å². The molecule has 0 rings (SSSR count). The molecular weight excluding hydrogens is 412 g/mol. The Morgan fingerprint density at radius 1 is 0.844 bits per heavy atom. The van der Waals surface area contributed by atoms with Gasteiger partial charge in [0.2, 0.25) is 5.91 Å². The van der Waals surface area contributed by atoms with Crippen LogP contribution >= 0.6 is 0 Å². The van der Waals surface area contributed by atoms with E-state index in [-0.39, 0.29) is 18.9 Å². The fourth-order valence-corrected chi connectivity index (χ4v) is 3.57. The van der Waals surface area contributed by atoms with E-state index in [9.17, 15) is 14.4 Å². The van der Waals surface area contributed by atoms with Gasteiger partial charge >= 0.3 is 11.9 Å². The normalized spacial score (nSPS) is 11.4. The predicted octanol–water partition coefficient (Wildman–Crippen LogP) is 5.67. The van der Waals surface area contributed by atoms with Crippen molar-refractivity contribution >= 4 is 17.8 Å². The second-order valence-corrected chi connectivity index (χ2v) is 8.23. The van der Waals surface area contributed by atoms with Gasteiger partial charge in [0, 0.05) is 24.3 Å². The lowest BCUT2D eigenvalue weighted by molar-refractivity contribution is -0.145. The van der Waals surface area contributed by atoms with Crippen LogP contribution in [0, 0.1) is 0 Å². The van der Waals surface area contributed by atoms with Crippen LogP contribution in [0.5, 0.6) is 0 Å². The summed E-state index contributed by atoms with van der Waals surface area (Å²) in [5.74, 6) is -1.40. The van der Waals surface area contributed by atoms with Crippen LogP contribution < -0.4 is 5.32 Å². The number of azide groups is 1. The number of amides is 1. The molecule has 0 aromatic heterocycles. The summed E-state index contributed by atoms with van der Waals surface area (Å²) in [5.41, 5.74) is 8.31. The zero-order valence-corrected chi connectivity index (χ0v) is 19.7. The minimum absolute atomic E-state index is 0.130. The molecule has 2 N–H and O–H groups in total. The fraction of sp³-hybridized carbons (Fsp3) is 0.870. The summed E-state index contributed by atoms with van der Waals surface area (Å²) in [7, 11) is 1.27. The molecule has 0 bridgehead atoms. The highest BCUT2D eigenvalue weighted by atomic mass is 16.5. The number of carboxylic acids is 1. The van der Waals surface area contributed by atoms with E-state index in [1.165, 1.54) is 58.5 Å². The SMILES string of the molecule is COC(=O)C(CCN=[N+]=[N-])NC(=O)CCCCCCCCCCCCCCCCC(=O)O. The number of rotatable bonds is 22. The van der Waals surface area contributed by atoms with E-state index in [1.807, 2.05) is 0 Å². The van der Waals surface area contributed by atoms with Crippen LogP contribution in [0.1, 0.15) is 109 Å². The second kappa shape index (κ2) is 21.9. The van der Waals surface area contributed by atoms with Crippen LogP contribution in [0.3, 0.4) is 0 Å². The molecule has 9 nitrogen and oxygen atoms in total. The van der Waals surface area contributed by atoms with Crippen molar-refractivity contribution in [2.45, 2.75) is 115 Å². The average Bonchev–Trinajstić information content (AvgIpc) is 2.77. The van der Waals surface area contributed by atoms with E-state index in [2.05, 4.69) is 20.1 Å². The molecule has 9 heteroatoms. The van der Waals surface area contributed by atoms with Crippen molar-refractivity contribution in [2.75, 3.05) is 13.7 Å². The lowest BCUT2D eigenvalue weighted by atomic mass is 10.0. The minimum atomic E-state index is -0.769. The number of aliphatic carboxylic acids is 1. The maximum absolute atomic E-state index is 12.0. The second-order valence-electron chi connectivity index (χ2n) is 8.23. The first-order valence-electron chi connectivity index (χ1n) is 12.1. The number of unbranched alkanes of at least 4 members (excludes halogenated alkanes) is 13. The molecule has 0 heterocycles. The molecule has 1 unspecified atom stereocenters. The van der Waals surface area contributed by atoms with Crippen molar-refractivity contribution in [3.05, 3.63) is 10.4 Å². The summed E-state index contributed by atoms with van der Waals surface area (Å²) < 4.78 is 4.68. The molecular formula is C23H42N4O5. The molecule has 0 aliphatic heterocycles. The van der Waals surface area contributed by atoms with Gasteiger partial charge in [-0.2, -0.15) is 0 Å². The highest BCUT2D eigenvalue weighted by Gasteiger charge is 2.20. The highest BCUT2D eigenvalue weighted by Crippen LogP contribution is 2.14. The third-order valence-corrected chi connectivity index (χ3v) is 5.45. The van der Waals surface area contributed by atoms with Crippen LogP contribution in [0.15, 0.2) is 5.11 Å². The van der Waals surface area contributed by atoms with Crippen molar-refractivity contribution in [1.29, 1.82) is 0 Å². The Morgan fingerprint density at radius 3 is 1.69 bits per heavy atom. The van der Waals surface area contributed by atoms with Gasteiger partial charge in [-0.1, -0.05) is 82.2 Å². The quantitative estimate of drug-likeness (QED) is 0.0712. The zero-order chi connectivity index (χ0) is 23.9. The first-order valence-corrected chi connectivity index (χ1v) is 12.1. The number of carbonyl (C=O) groups excluding carboxylic acids is 2. The topological polar surface area (TPSA) is 141 Å². The van der Waals surface area contributed by atoms with Gasteiger partial charge in [-0.05, 0) is 24.8 Å².